The van der Waals surface area contributed by atoms with Crippen LogP contribution in [0.1, 0.15) is 23.2 Å². The Labute approximate surface area is 233 Å². The minimum atomic E-state index is -4.68. The van der Waals surface area contributed by atoms with E-state index in [9.17, 15) is 26.0 Å². The van der Waals surface area contributed by atoms with Crippen molar-refractivity contribution in [2.75, 3.05) is 19.7 Å². The summed E-state index contributed by atoms with van der Waals surface area (Å²) in [6.07, 6.45) is 1.26. The number of sulfonamides is 1. The molecule has 1 aliphatic carbocycles. The van der Waals surface area contributed by atoms with Crippen molar-refractivity contribution >= 4 is 16.1 Å². The third-order valence-electron chi connectivity index (χ3n) is 7.52. The van der Waals surface area contributed by atoms with Gasteiger partial charge in [0.25, 0.3) is 0 Å². The van der Waals surface area contributed by atoms with E-state index in [0.29, 0.717) is 30.5 Å². The van der Waals surface area contributed by atoms with Crippen molar-refractivity contribution in [2.24, 2.45) is 5.41 Å². The van der Waals surface area contributed by atoms with E-state index in [1.54, 1.807) is 47.4 Å². The number of hydrogen-bond acceptors (Lipinski definition) is 5. The van der Waals surface area contributed by atoms with Crippen molar-refractivity contribution in [1.82, 2.24) is 19.1 Å². The summed E-state index contributed by atoms with van der Waals surface area (Å²) in [7, 11) is -4.26. The molecule has 0 bridgehead atoms. The van der Waals surface area contributed by atoms with Gasteiger partial charge < -0.3 is 4.74 Å². The van der Waals surface area contributed by atoms with Gasteiger partial charge in [0, 0.05) is 30.8 Å². The molecule has 0 spiro atoms. The summed E-state index contributed by atoms with van der Waals surface area (Å²) in [4.78, 5) is 3.80. The molecule has 6 rings (SSSR count). The summed E-state index contributed by atoms with van der Waals surface area (Å²) >= 11 is 0. The highest BCUT2D eigenvalue weighted by molar-refractivity contribution is 7.89. The largest absolute Gasteiger partial charge is 0.477 e. The molecule has 12 heteroatoms. The SMILES string of the molecule is O=S(=O)(c1cccc(C(F)(F)F)c1)N1CCC2=Cc3c(cnn3-c3ccc(F)cc3)C[C@]2(COc2ccccn2)C1. The van der Waals surface area contributed by atoms with Gasteiger partial charge in [0.2, 0.25) is 15.9 Å². The molecule has 0 N–H and O–H groups in total. The summed E-state index contributed by atoms with van der Waals surface area (Å²) in [5.74, 6) is 0.0000513. The zero-order chi connectivity index (χ0) is 28.8. The topological polar surface area (TPSA) is 77.3 Å². The summed E-state index contributed by atoms with van der Waals surface area (Å²) < 4.78 is 89.9. The molecule has 3 heterocycles. The summed E-state index contributed by atoms with van der Waals surface area (Å²) in [5.41, 5.74) is 1.38. The lowest BCUT2D eigenvalue weighted by atomic mass is 9.69. The van der Waals surface area contributed by atoms with Crippen LogP contribution in [0.4, 0.5) is 17.6 Å². The normalized spacial score (nSPS) is 19.3. The zero-order valence-electron chi connectivity index (χ0n) is 21.6. The maximum atomic E-state index is 13.7. The van der Waals surface area contributed by atoms with Gasteiger partial charge in [0.1, 0.15) is 12.4 Å². The van der Waals surface area contributed by atoms with E-state index in [-0.39, 0.29) is 25.5 Å². The summed E-state index contributed by atoms with van der Waals surface area (Å²) in [6.45, 7) is 0.160. The molecule has 1 atom stereocenters. The van der Waals surface area contributed by atoms with E-state index in [1.165, 1.54) is 22.5 Å². The van der Waals surface area contributed by atoms with Crippen LogP contribution in [0.15, 0.2) is 89.6 Å². The van der Waals surface area contributed by atoms with Crippen molar-refractivity contribution in [3.63, 3.8) is 0 Å². The Morgan fingerprint density at radius 3 is 2.56 bits per heavy atom. The first-order chi connectivity index (χ1) is 19.5. The molecular weight excluding hydrogens is 560 g/mol. The lowest BCUT2D eigenvalue weighted by Crippen LogP contribution is -2.52. The minimum Gasteiger partial charge on any atom is -0.477 e. The molecule has 212 valence electrons. The predicted molar refractivity (Wildman–Crippen MR) is 142 cm³/mol. The number of fused-ring (bicyclic) bond motifs is 2. The van der Waals surface area contributed by atoms with Gasteiger partial charge in [-0.1, -0.05) is 17.7 Å². The van der Waals surface area contributed by atoms with Crippen LogP contribution >= 0.6 is 0 Å². The second-order valence-electron chi connectivity index (χ2n) is 10.1. The molecule has 2 aliphatic rings. The molecule has 7 nitrogen and oxygen atoms in total. The Balaban J connectivity index is 1.37. The number of benzene rings is 2. The molecular formula is C29H24F4N4O3S. The Morgan fingerprint density at radius 1 is 1.02 bits per heavy atom. The molecule has 0 saturated carbocycles. The van der Waals surface area contributed by atoms with Crippen LogP contribution in [-0.2, 0) is 22.6 Å². The van der Waals surface area contributed by atoms with E-state index < -0.39 is 32.1 Å². The molecule has 0 radical (unpaired) electrons. The molecule has 2 aromatic carbocycles. The molecule has 0 unspecified atom stereocenters. The van der Waals surface area contributed by atoms with Crippen molar-refractivity contribution in [3.8, 4) is 11.6 Å². The number of nitrogens with zero attached hydrogens (tertiary/aromatic N) is 4. The standard InChI is InChI=1S/C29H24F4N4O3S/c30-23-7-9-24(10-8-23)37-26-15-21-11-13-36(41(38,39)25-5-3-4-22(14-25)29(31,32)33)18-28(21,16-20(26)17-35-37)19-40-27-6-1-2-12-34-27/h1-10,12,14-15,17H,11,13,16,18-19H2/t28-/m1/s1. The average molecular weight is 585 g/mol. The Hall–Kier alpha value is -4.03. The highest BCUT2D eigenvalue weighted by atomic mass is 32.2. The van der Waals surface area contributed by atoms with Gasteiger partial charge in [-0.3, -0.25) is 0 Å². The fourth-order valence-electron chi connectivity index (χ4n) is 5.44. The van der Waals surface area contributed by atoms with Crippen LogP contribution in [-0.4, -0.2) is 47.2 Å². The van der Waals surface area contributed by atoms with E-state index in [4.69, 9.17) is 4.74 Å². The second kappa shape index (κ2) is 10.1. The lowest BCUT2D eigenvalue weighted by Gasteiger charge is -2.45. The van der Waals surface area contributed by atoms with Crippen LogP contribution in [0.2, 0.25) is 0 Å². The van der Waals surface area contributed by atoms with Crippen molar-refractivity contribution in [1.29, 1.82) is 0 Å². The molecule has 0 amide bonds. The first-order valence-electron chi connectivity index (χ1n) is 12.8. The molecule has 41 heavy (non-hydrogen) atoms. The third kappa shape index (κ3) is 5.13. The third-order valence-corrected chi connectivity index (χ3v) is 9.36. The van der Waals surface area contributed by atoms with Gasteiger partial charge in [-0.05, 0) is 73.0 Å². The van der Waals surface area contributed by atoms with Gasteiger partial charge >= 0.3 is 6.18 Å². The van der Waals surface area contributed by atoms with Crippen molar-refractivity contribution < 1.29 is 30.7 Å². The highest BCUT2D eigenvalue weighted by Crippen LogP contribution is 2.46. The van der Waals surface area contributed by atoms with E-state index in [1.807, 2.05) is 6.08 Å². The van der Waals surface area contributed by atoms with Crippen LogP contribution < -0.4 is 4.74 Å². The second-order valence-corrected chi connectivity index (χ2v) is 12.1. The average Bonchev–Trinajstić information content (AvgIpc) is 3.37. The quantitative estimate of drug-likeness (QED) is 0.279. The Bertz CT molecular complexity index is 1720. The van der Waals surface area contributed by atoms with E-state index in [2.05, 4.69) is 10.1 Å². The molecule has 1 aliphatic heterocycles. The van der Waals surface area contributed by atoms with Crippen molar-refractivity contribution in [2.45, 2.75) is 23.9 Å². The van der Waals surface area contributed by atoms with Crippen LogP contribution in [0.3, 0.4) is 0 Å². The molecule has 4 aromatic rings. The van der Waals surface area contributed by atoms with E-state index >= 15 is 0 Å². The number of rotatable bonds is 6. The van der Waals surface area contributed by atoms with E-state index in [0.717, 1.165) is 29.0 Å². The summed E-state index contributed by atoms with van der Waals surface area (Å²) in [5, 5.41) is 4.51. The predicted octanol–water partition coefficient (Wildman–Crippen LogP) is 5.52. The molecule has 1 saturated heterocycles. The lowest BCUT2D eigenvalue weighted by molar-refractivity contribution is -0.137. The fraction of sp³-hybridized carbons (Fsp3) is 0.241. The Kier molecular flexibility index (Phi) is 6.69. The smallest absolute Gasteiger partial charge is 0.416 e. The van der Waals surface area contributed by atoms with Crippen molar-refractivity contribution in [3.05, 3.63) is 107 Å². The van der Waals surface area contributed by atoms with Gasteiger partial charge in [0.05, 0.1) is 28.0 Å². The van der Waals surface area contributed by atoms with Gasteiger partial charge in [-0.2, -0.15) is 22.6 Å². The maximum absolute atomic E-state index is 13.7. The number of piperidine rings is 1. The maximum Gasteiger partial charge on any atom is 0.416 e. The fourth-order valence-corrected chi connectivity index (χ4v) is 7.02. The van der Waals surface area contributed by atoms with Crippen LogP contribution in [0.25, 0.3) is 11.8 Å². The molecule has 2 aromatic heterocycles. The van der Waals surface area contributed by atoms with Crippen LogP contribution in [0.5, 0.6) is 5.88 Å². The van der Waals surface area contributed by atoms with Gasteiger partial charge in [-0.15, -0.1) is 0 Å². The highest BCUT2D eigenvalue weighted by Gasteiger charge is 2.47. The van der Waals surface area contributed by atoms with Gasteiger partial charge in [0.15, 0.2) is 0 Å². The number of halogens is 4. The number of alkyl halides is 3. The first-order valence-corrected chi connectivity index (χ1v) is 14.2. The van der Waals surface area contributed by atoms with Crippen LogP contribution in [0, 0.1) is 11.2 Å². The minimum absolute atomic E-state index is 0.00852. The number of aromatic nitrogens is 3. The number of ether oxygens (including phenoxy) is 1. The number of pyridine rings is 1. The first kappa shape index (κ1) is 27.2. The zero-order valence-corrected chi connectivity index (χ0v) is 22.4. The van der Waals surface area contributed by atoms with Gasteiger partial charge in [-0.25, -0.2) is 22.5 Å². The monoisotopic (exact) mass is 584 g/mol. The summed E-state index contributed by atoms with van der Waals surface area (Å²) in [6, 6.07) is 15.0. The Morgan fingerprint density at radius 2 is 1.83 bits per heavy atom. The molecule has 1 fully saturated rings. The number of hydrogen-bond donors (Lipinski definition) is 0.